The van der Waals surface area contributed by atoms with Crippen LogP contribution in [0, 0.1) is 5.92 Å². The lowest BCUT2D eigenvalue weighted by atomic mass is 10.0. The van der Waals surface area contributed by atoms with E-state index in [1.807, 2.05) is 0 Å². The zero-order chi connectivity index (χ0) is 9.84. The molecule has 0 spiro atoms. The smallest absolute Gasteiger partial charge is 0.0710 e. The summed E-state index contributed by atoms with van der Waals surface area (Å²) in [7, 11) is 1.80. The summed E-state index contributed by atoms with van der Waals surface area (Å²) in [5.41, 5.74) is 5.65. The maximum atomic E-state index is 5.65. The first kappa shape index (κ1) is 11.0. The van der Waals surface area contributed by atoms with Gasteiger partial charge in [-0.2, -0.15) is 0 Å². The molecule has 0 amide bonds. The molecule has 0 aliphatic carbocycles. The summed E-state index contributed by atoms with van der Waals surface area (Å²) in [6.45, 7) is 7.47. The van der Waals surface area contributed by atoms with E-state index in [4.69, 9.17) is 10.5 Å². The van der Waals surface area contributed by atoms with Crippen LogP contribution in [0.2, 0.25) is 0 Å². The summed E-state index contributed by atoms with van der Waals surface area (Å²) in [6.07, 6.45) is 1.60. The molecule has 0 bridgehead atoms. The van der Waals surface area contributed by atoms with Gasteiger partial charge in [0, 0.05) is 26.2 Å². The van der Waals surface area contributed by atoms with Crippen molar-refractivity contribution in [3.05, 3.63) is 0 Å². The third-order valence-electron chi connectivity index (χ3n) is 3.28. The molecule has 3 atom stereocenters. The van der Waals surface area contributed by atoms with Gasteiger partial charge in [-0.1, -0.05) is 6.92 Å². The van der Waals surface area contributed by atoms with Crippen LogP contribution in [0.3, 0.4) is 0 Å². The van der Waals surface area contributed by atoms with Crippen molar-refractivity contribution in [3.8, 4) is 0 Å². The molecule has 1 aliphatic rings. The van der Waals surface area contributed by atoms with Gasteiger partial charge in [-0.05, 0) is 25.8 Å². The first-order valence-corrected chi connectivity index (χ1v) is 5.16. The lowest BCUT2D eigenvalue weighted by molar-refractivity contribution is 0.0966. The van der Waals surface area contributed by atoms with E-state index in [2.05, 4.69) is 18.7 Å². The Morgan fingerprint density at radius 3 is 2.69 bits per heavy atom. The van der Waals surface area contributed by atoms with Gasteiger partial charge in [0.15, 0.2) is 0 Å². The van der Waals surface area contributed by atoms with E-state index < -0.39 is 0 Å². The minimum Gasteiger partial charge on any atom is -0.380 e. The van der Waals surface area contributed by atoms with Gasteiger partial charge in [0.05, 0.1) is 6.10 Å². The maximum absolute atomic E-state index is 5.65. The number of likely N-dealkylation sites (tertiary alicyclic amines) is 1. The quantitative estimate of drug-likeness (QED) is 0.702. The van der Waals surface area contributed by atoms with Crippen LogP contribution in [0.25, 0.3) is 0 Å². The molecule has 3 nitrogen and oxygen atoms in total. The Hall–Kier alpha value is -0.120. The van der Waals surface area contributed by atoms with Crippen LogP contribution >= 0.6 is 0 Å². The van der Waals surface area contributed by atoms with Gasteiger partial charge in [0.25, 0.3) is 0 Å². The molecule has 0 radical (unpaired) electrons. The highest BCUT2D eigenvalue weighted by Gasteiger charge is 2.27. The fourth-order valence-corrected chi connectivity index (χ4v) is 1.87. The van der Waals surface area contributed by atoms with Gasteiger partial charge in [-0.3, -0.25) is 4.90 Å². The lowest BCUT2D eigenvalue weighted by Gasteiger charge is -2.28. The molecule has 0 aromatic heterocycles. The van der Waals surface area contributed by atoms with Crippen LogP contribution in [-0.2, 0) is 4.74 Å². The average molecular weight is 186 g/mol. The second kappa shape index (κ2) is 4.94. The highest BCUT2D eigenvalue weighted by Crippen LogP contribution is 2.18. The molecular weight excluding hydrogens is 164 g/mol. The van der Waals surface area contributed by atoms with E-state index in [9.17, 15) is 0 Å². The number of ether oxygens (including phenoxy) is 1. The van der Waals surface area contributed by atoms with Crippen molar-refractivity contribution in [2.45, 2.75) is 32.4 Å². The second-order valence-electron chi connectivity index (χ2n) is 4.09. The number of hydrogen-bond acceptors (Lipinski definition) is 3. The zero-order valence-electron chi connectivity index (χ0n) is 8.99. The maximum Gasteiger partial charge on any atom is 0.0710 e. The molecule has 3 unspecified atom stereocenters. The highest BCUT2D eigenvalue weighted by molar-refractivity contribution is 4.82. The molecule has 0 aromatic rings. The standard InChI is InChI=1S/C10H22N2O/c1-8(6-11)9(2)12-5-4-10(7-12)13-3/h8-10H,4-7,11H2,1-3H3. The van der Waals surface area contributed by atoms with Gasteiger partial charge in [-0.15, -0.1) is 0 Å². The van der Waals surface area contributed by atoms with Gasteiger partial charge in [-0.25, -0.2) is 0 Å². The van der Waals surface area contributed by atoms with Crippen molar-refractivity contribution < 1.29 is 4.74 Å². The molecule has 2 N–H and O–H groups in total. The molecule has 1 heterocycles. The van der Waals surface area contributed by atoms with Gasteiger partial charge in [0.2, 0.25) is 0 Å². The third-order valence-corrected chi connectivity index (χ3v) is 3.28. The van der Waals surface area contributed by atoms with E-state index in [0.717, 1.165) is 26.1 Å². The number of hydrogen-bond donors (Lipinski definition) is 1. The van der Waals surface area contributed by atoms with Crippen molar-refractivity contribution in [2.75, 3.05) is 26.7 Å². The second-order valence-corrected chi connectivity index (χ2v) is 4.09. The number of nitrogens with zero attached hydrogens (tertiary/aromatic N) is 1. The summed E-state index contributed by atoms with van der Waals surface area (Å²) >= 11 is 0. The molecule has 1 rings (SSSR count). The Balaban J connectivity index is 2.36. The topological polar surface area (TPSA) is 38.5 Å². The third kappa shape index (κ3) is 2.66. The average Bonchev–Trinajstić information content (AvgIpc) is 2.63. The summed E-state index contributed by atoms with van der Waals surface area (Å²) in [5, 5.41) is 0. The number of methoxy groups -OCH3 is 1. The van der Waals surface area contributed by atoms with Gasteiger partial charge < -0.3 is 10.5 Å². The highest BCUT2D eigenvalue weighted by atomic mass is 16.5. The van der Waals surface area contributed by atoms with Crippen LogP contribution in [-0.4, -0.2) is 43.8 Å². The minimum absolute atomic E-state index is 0.437. The predicted octanol–water partition coefficient (Wildman–Crippen LogP) is 0.690. The van der Waals surface area contributed by atoms with Gasteiger partial charge >= 0.3 is 0 Å². The Morgan fingerprint density at radius 2 is 2.23 bits per heavy atom. The van der Waals surface area contributed by atoms with E-state index in [1.165, 1.54) is 0 Å². The fraction of sp³-hybridized carbons (Fsp3) is 1.00. The molecule has 1 fully saturated rings. The molecule has 1 saturated heterocycles. The summed E-state index contributed by atoms with van der Waals surface area (Å²) < 4.78 is 5.33. The van der Waals surface area contributed by atoms with Crippen molar-refractivity contribution in [2.24, 2.45) is 11.7 Å². The van der Waals surface area contributed by atoms with Crippen LogP contribution in [0.4, 0.5) is 0 Å². The summed E-state index contributed by atoms with van der Waals surface area (Å²) in [6, 6.07) is 0.588. The molecule has 0 aromatic carbocycles. The molecule has 78 valence electrons. The summed E-state index contributed by atoms with van der Waals surface area (Å²) in [4.78, 5) is 2.48. The first-order valence-electron chi connectivity index (χ1n) is 5.16. The zero-order valence-corrected chi connectivity index (χ0v) is 8.99. The molecule has 1 aliphatic heterocycles. The van der Waals surface area contributed by atoms with Crippen LogP contribution in [0.5, 0.6) is 0 Å². The first-order chi connectivity index (χ1) is 6.19. The largest absolute Gasteiger partial charge is 0.380 e. The van der Waals surface area contributed by atoms with E-state index in [-0.39, 0.29) is 0 Å². The molecule has 0 saturated carbocycles. The Bertz CT molecular complexity index is 152. The van der Waals surface area contributed by atoms with Crippen LogP contribution in [0.1, 0.15) is 20.3 Å². The number of nitrogens with two attached hydrogens (primary N) is 1. The fourth-order valence-electron chi connectivity index (χ4n) is 1.87. The molecular formula is C10H22N2O. The van der Waals surface area contributed by atoms with E-state index >= 15 is 0 Å². The van der Waals surface area contributed by atoms with Crippen LogP contribution in [0.15, 0.2) is 0 Å². The van der Waals surface area contributed by atoms with E-state index in [1.54, 1.807) is 7.11 Å². The van der Waals surface area contributed by atoms with E-state index in [0.29, 0.717) is 18.1 Å². The van der Waals surface area contributed by atoms with Gasteiger partial charge in [0.1, 0.15) is 0 Å². The number of rotatable bonds is 4. The minimum atomic E-state index is 0.437. The SMILES string of the molecule is COC1CCN(C(C)C(C)CN)C1. The molecule has 13 heavy (non-hydrogen) atoms. The normalized spacial score (nSPS) is 29.1. The van der Waals surface area contributed by atoms with Crippen molar-refractivity contribution in [1.82, 2.24) is 4.90 Å². The predicted molar refractivity (Wildman–Crippen MR) is 54.7 cm³/mol. The Kier molecular flexibility index (Phi) is 4.16. The summed E-state index contributed by atoms with van der Waals surface area (Å²) in [5.74, 6) is 0.579. The van der Waals surface area contributed by atoms with Crippen molar-refractivity contribution in [1.29, 1.82) is 0 Å². The Labute approximate surface area is 81.2 Å². The van der Waals surface area contributed by atoms with Crippen LogP contribution < -0.4 is 5.73 Å². The lowest BCUT2D eigenvalue weighted by Crippen LogP contribution is -2.39. The Morgan fingerprint density at radius 1 is 1.54 bits per heavy atom. The van der Waals surface area contributed by atoms with Crippen molar-refractivity contribution >= 4 is 0 Å². The molecule has 3 heteroatoms. The van der Waals surface area contributed by atoms with Crippen molar-refractivity contribution in [3.63, 3.8) is 0 Å². The monoisotopic (exact) mass is 186 g/mol.